The minimum Gasteiger partial charge on any atom is -0.501 e. The Morgan fingerprint density at radius 3 is 2.32 bits per heavy atom. The molecule has 37 heavy (non-hydrogen) atoms. The molecule has 1 aliphatic heterocycles. The summed E-state index contributed by atoms with van der Waals surface area (Å²) in [5, 5.41) is 13.0. The zero-order valence-corrected chi connectivity index (χ0v) is 21.5. The van der Waals surface area contributed by atoms with E-state index < -0.39 is 56.6 Å². The third-order valence-electron chi connectivity index (χ3n) is 5.85. The van der Waals surface area contributed by atoms with Gasteiger partial charge in [0.2, 0.25) is 15.8 Å². The molecule has 0 saturated carbocycles. The van der Waals surface area contributed by atoms with Crippen LogP contribution in [0.5, 0.6) is 5.75 Å². The molecule has 3 amide bonds. The molecule has 0 bridgehead atoms. The molecule has 0 fully saturated rings. The van der Waals surface area contributed by atoms with Gasteiger partial charge in [-0.25, -0.2) is 17.8 Å². The monoisotopic (exact) mass is 538 g/mol. The van der Waals surface area contributed by atoms with Gasteiger partial charge in [-0.05, 0) is 17.7 Å². The molecule has 1 aromatic carbocycles. The summed E-state index contributed by atoms with van der Waals surface area (Å²) in [7, 11) is 0.176. The molecule has 15 heteroatoms. The van der Waals surface area contributed by atoms with Crippen molar-refractivity contribution in [3.63, 3.8) is 0 Å². The van der Waals surface area contributed by atoms with Crippen LogP contribution in [0.25, 0.3) is 0 Å². The normalized spacial score (nSPS) is 15.9. The van der Waals surface area contributed by atoms with E-state index in [4.69, 9.17) is 0 Å². The van der Waals surface area contributed by atoms with Crippen LogP contribution in [-0.2, 0) is 32.7 Å². The minimum atomic E-state index is -3.80. The van der Waals surface area contributed by atoms with Gasteiger partial charge in [-0.2, -0.15) is 4.31 Å². The predicted molar refractivity (Wildman–Crippen MR) is 128 cm³/mol. The van der Waals surface area contributed by atoms with Gasteiger partial charge in [0.25, 0.3) is 11.5 Å². The number of benzene rings is 1. The van der Waals surface area contributed by atoms with Crippen LogP contribution in [0.4, 0.5) is 4.39 Å². The number of rotatable bonds is 5. The van der Waals surface area contributed by atoms with Crippen molar-refractivity contribution in [1.29, 1.82) is 0 Å². The lowest BCUT2D eigenvalue weighted by Crippen LogP contribution is -2.46. The Morgan fingerprint density at radius 1 is 1.14 bits per heavy atom. The van der Waals surface area contributed by atoms with E-state index in [1.165, 1.54) is 45.4 Å². The summed E-state index contributed by atoms with van der Waals surface area (Å²) in [6.45, 7) is -0.822. The number of likely N-dealkylation sites (N-methyl/N-ethyl adjacent to an activating group) is 2. The number of sulfonamides is 1. The van der Waals surface area contributed by atoms with Crippen molar-refractivity contribution in [2.24, 2.45) is 0 Å². The molecule has 1 aromatic heterocycles. The standard InChI is InChI=1S/C22H27FN6O7S/c1-26(2)21(33)22(34)27(3)15-12-28(37(4,35)36)9-10-29-18(15)25-16(17(30)20(29)32)19(31)24-11-13-5-7-14(23)8-6-13/h5-8,15,30H,9-12H2,1-4H3,(H,24,31). The van der Waals surface area contributed by atoms with Crippen molar-refractivity contribution in [2.45, 2.75) is 19.1 Å². The molecule has 2 aromatic rings. The lowest BCUT2D eigenvalue weighted by Gasteiger charge is -2.30. The molecule has 1 unspecified atom stereocenters. The number of nitrogens with zero attached hydrogens (tertiary/aromatic N) is 5. The topological polar surface area (TPSA) is 162 Å². The Balaban J connectivity index is 2.06. The van der Waals surface area contributed by atoms with Crippen molar-refractivity contribution < 1.29 is 32.3 Å². The molecule has 0 spiro atoms. The van der Waals surface area contributed by atoms with Crippen LogP contribution >= 0.6 is 0 Å². The van der Waals surface area contributed by atoms with Crippen LogP contribution in [0.1, 0.15) is 27.9 Å². The molecule has 0 saturated heterocycles. The fourth-order valence-corrected chi connectivity index (χ4v) is 4.54. The van der Waals surface area contributed by atoms with Crippen LogP contribution < -0.4 is 10.9 Å². The second kappa shape index (κ2) is 10.6. The highest BCUT2D eigenvalue weighted by molar-refractivity contribution is 7.88. The molecular weight excluding hydrogens is 511 g/mol. The summed E-state index contributed by atoms with van der Waals surface area (Å²) < 4.78 is 39.8. The van der Waals surface area contributed by atoms with E-state index in [1.54, 1.807) is 0 Å². The van der Waals surface area contributed by atoms with Gasteiger partial charge in [-0.3, -0.25) is 23.7 Å². The molecular formula is C22H27FN6O7S. The summed E-state index contributed by atoms with van der Waals surface area (Å²) in [4.78, 5) is 57.2. The van der Waals surface area contributed by atoms with E-state index in [2.05, 4.69) is 10.3 Å². The van der Waals surface area contributed by atoms with Crippen LogP contribution in [0.15, 0.2) is 29.1 Å². The van der Waals surface area contributed by atoms with Crippen molar-refractivity contribution in [3.8, 4) is 5.75 Å². The Kier molecular flexibility index (Phi) is 7.97. The number of fused-ring (bicyclic) bond motifs is 1. The van der Waals surface area contributed by atoms with Crippen molar-refractivity contribution in [2.75, 3.05) is 40.5 Å². The van der Waals surface area contributed by atoms with Gasteiger partial charge in [0.05, 0.1) is 6.26 Å². The largest absolute Gasteiger partial charge is 0.501 e. The Morgan fingerprint density at radius 2 is 1.76 bits per heavy atom. The molecule has 2 heterocycles. The number of hydrogen-bond donors (Lipinski definition) is 2. The molecule has 2 N–H and O–H groups in total. The summed E-state index contributed by atoms with van der Waals surface area (Å²) in [6, 6.07) is 4.03. The first kappa shape index (κ1) is 27.7. The number of amides is 3. The second-order valence-corrected chi connectivity index (χ2v) is 10.7. The number of aromatic nitrogens is 2. The Hall–Kier alpha value is -3.85. The third-order valence-corrected chi connectivity index (χ3v) is 7.12. The molecule has 200 valence electrons. The van der Waals surface area contributed by atoms with Crippen LogP contribution in [-0.4, -0.2) is 95.4 Å². The minimum absolute atomic E-state index is 0.0698. The summed E-state index contributed by atoms with van der Waals surface area (Å²) in [5.74, 6) is -4.44. The predicted octanol–water partition coefficient (Wildman–Crippen LogP) is -1.12. The lowest BCUT2D eigenvalue weighted by atomic mass is 10.2. The van der Waals surface area contributed by atoms with E-state index in [-0.39, 0.29) is 32.0 Å². The average molecular weight is 539 g/mol. The molecule has 1 atom stereocenters. The van der Waals surface area contributed by atoms with E-state index in [1.807, 2.05) is 0 Å². The highest BCUT2D eigenvalue weighted by Crippen LogP contribution is 2.25. The average Bonchev–Trinajstić information content (AvgIpc) is 3.04. The quantitative estimate of drug-likeness (QED) is 0.453. The van der Waals surface area contributed by atoms with Crippen molar-refractivity contribution in [1.82, 2.24) is 29.0 Å². The van der Waals surface area contributed by atoms with E-state index in [0.717, 1.165) is 24.9 Å². The Bertz CT molecular complexity index is 1390. The van der Waals surface area contributed by atoms with Gasteiger partial charge in [-0.1, -0.05) is 12.1 Å². The van der Waals surface area contributed by atoms with Crippen LogP contribution in [0, 0.1) is 5.82 Å². The number of nitrogens with one attached hydrogen (secondary N) is 1. The summed E-state index contributed by atoms with van der Waals surface area (Å²) in [6.07, 6.45) is 0.953. The first-order valence-corrected chi connectivity index (χ1v) is 12.9. The third kappa shape index (κ3) is 5.94. The smallest absolute Gasteiger partial charge is 0.312 e. The van der Waals surface area contributed by atoms with Gasteiger partial charge in [0.1, 0.15) is 17.7 Å². The molecule has 0 radical (unpaired) electrons. The maximum Gasteiger partial charge on any atom is 0.312 e. The molecule has 13 nitrogen and oxygen atoms in total. The number of carbonyl (C=O) groups is 3. The number of hydrogen-bond acceptors (Lipinski definition) is 8. The number of halogens is 1. The SMILES string of the molecule is CN(C)C(=O)C(=O)N(C)C1CN(S(C)(=O)=O)CCn2c1nc(C(=O)NCc1ccc(F)cc1)c(O)c2=O. The van der Waals surface area contributed by atoms with Gasteiger partial charge < -0.3 is 20.2 Å². The van der Waals surface area contributed by atoms with E-state index in [9.17, 15) is 37.1 Å². The zero-order valence-electron chi connectivity index (χ0n) is 20.6. The first-order chi connectivity index (χ1) is 17.2. The number of carbonyl (C=O) groups excluding carboxylic acids is 3. The van der Waals surface area contributed by atoms with Gasteiger partial charge >= 0.3 is 11.8 Å². The highest BCUT2D eigenvalue weighted by atomic mass is 32.2. The fourth-order valence-electron chi connectivity index (χ4n) is 3.72. The van der Waals surface area contributed by atoms with E-state index >= 15 is 0 Å². The van der Waals surface area contributed by atoms with Gasteiger partial charge in [-0.15, -0.1) is 0 Å². The van der Waals surface area contributed by atoms with Gasteiger partial charge in [0.15, 0.2) is 5.69 Å². The second-order valence-electron chi connectivity index (χ2n) is 8.69. The van der Waals surface area contributed by atoms with Crippen molar-refractivity contribution >= 4 is 27.7 Å². The summed E-state index contributed by atoms with van der Waals surface area (Å²) in [5.41, 5.74) is -1.12. The highest BCUT2D eigenvalue weighted by Gasteiger charge is 2.37. The van der Waals surface area contributed by atoms with Gasteiger partial charge in [0, 0.05) is 47.3 Å². The van der Waals surface area contributed by atoms with Crippen LogP contribution in [0.2, 0.25) is 0 Å². The maximum atomic E-state index is 13.1. The lowest BCUT2D eigenvalue weighted by molar-refractivity contribution is -0.151. The zero-order chi connectivity index (χ0) is 27.7. The fraction of sp³-hybridized carbons (Fsp3) is 0.409. The Labute approximate surface area is 212 Å². The molecule has 3 rings (SSSR count). The maximum absolute atomic E-state index is 13.1. The molecule has 0 aliphatic carbocycles. The summed E-state index contributed by atoms with van der Waals surface area (Å²) >= 11 is 0. The van der Waals surface area contributed by atoms with Crippen LogP contribution in [0.3, 0.4) is 0 Å². The van der Waals surface area contributed by atoms with Crippen molar-refractivity contribution in [3.05, 3.63) is 57.5 Å². The number of aromatic hydroxyl groups is 1. The molecule has 1 aliphatic rings. The first-order valence-electron chi connectivity index (χ1n) is 11.0. The van der Waals surface area contributed by atoms with E-state index in [0.29, 0.717) is 5.56 Å².